The smallest absolute Gasteiger partial charge is 0.280 e. The van der Waals surface area contributed by atoms with Crippen LogP contribution in [0.3, 0.4) is 0 Å². The molecule has 1 saturated carbocycles. The van der Waals surface area contributed by atoms with Crippen molar-refractivity contribution in [3.63, 3.8) is 0 Å². The molecule has 2 amide bonds. The van der Waals surface area contributed by atoms with Crippen LogP contribution in [-0.4, -0.2) is 66.5 Å². The van der Waals surface area contributed by atoms with Crippen LogP contribution in [0, 0.1) is 11.8 Å². The second kappa shape index (κ2) is 8.86. The van der Waals surface area contributed by atoms with Gasteiger partial charge in [0, 0.05) is 50.4 Å². The molecule has 0 radical (unpaired) electrons. The molecular weight excluding hydrogens is 376 g/mol. The summed E-state index contributed by atoms with van der Waals surface area (Å²) in [6, 6.07) is -0.117. The van der Waals surface area contributed by atoms with Gasteiger partial charge in [-0.3, -0.25) is 9.59 Å². The summed E-state index contributed by atoms with van der Waals surface area (Å²) in [5, 5.41) is 3.66. The number of rotatable bonds is 5. The zero-order chi connectivity index (χ0) is 20.4. The van der Waals surface area contributed by atoms with Crippen LogP contribution in [-0.2, 0) is 17.8 Å². The van der Waals surface area contributed by atoms with Crippen LogP contribution >= 0.6 is 11.3 Å². The summed E-state index contributed by atoms with van der Waals surface area (Å²) in [5.74, 6) is 0.0580. The van der Waals surface area contributed by atoms with E-state index in [-0.39, 0.29) is 29.7 Å². The molecule has 0 spiro atoms. The maximum atomic E-state index is 12.9. The van der Waals surface area contributed by atoms with Crippen LogP contribution in [0.25, 0.3) is 0 Å². The Labute approximate surface area is 170 Å². The standard InChI is InChI=1S/C19H32N6O2S/c1-24(2)19(27)12-5-4-11(9-16(20)21)14(8-12)22-17(26)18-23-13-6-7-25(3)10-15(13)28-18/h11-12,14,16H,4-10,20-21H2,1-3H3,(H,22,26)/t11-,12-,14+/m0/s1. The van der Waals surface area contributed by atoms with Crippen LogP contribution in [0.4, 0.5) is 0 Å². The largest absolute Gasteiger partial charge is 0.349 e. The van der Waals surface area contributed by atoms with Gasteiger partial charge in [-0.15, -0.1) is 11.3 Å². The Kier molecular flexibility index (Phi) is 6.69. The Hall–Kier alpha value is -1.55. The molecule has 28 heavy (non-hydrogen) atoms. The minimum absolute atomic E-state index is 0.0799. The van der Waals surface area contributed by atoms with E-state index in [9.17, 15) is 9.59 Å². The Morgan fingerprint density at radius 3 is 2.79 bits per heavy atom. The van der Waals surface area contributed by atoms with E-state index in [1.165, 1.54) is 16.2 Å². The summed E-state index contributed by atoms with van der Waals surface area (Å²) < 4.78 is 0. The number of hydrogen-bond acceptors (Lipinski definition) is 7. The van der Waals surface area contributed by atoms with Crippen molar-refractivity contribution in [3.05, 3.63) is 15.6 Å². The molecule has 3 rings (SSSR count). The Morgan fingerprint density at radius 2 is 2.11 bits per heavy atom. The number of carbonyl (C=O) groups is 2. The average molecular weight is 409 g/mol. The van der Waals surface area contributed by atoms with E-state index < -0.39 is 6.17 Å². The summed E-state index contributed by atoms with van der Waals surface area (Å²) in [6.45, 7) is 1.80. The molecule has 156 valence electrons. The highest BCUT2D eigenvalue weighted by Gasteiger charge is 2.36. The molecule has 2 heterocycles. The van der Waals surface area contributed by atoms with Gasteiger partial charge in [0.15, 0.2) is 5.01 Å². The van der Waals surface area contributed by atoms with E-state index in [1.807, 2.05) is 0 Å². The summed E-state index contributed by atoms with van der Waals surface area (Å²) in [4.78, 5) is 35.0. The molecule has 1 fully saturated rings. The van der Waals surface area contributed by atoms with Gasteiger partial charge in [0.25, 0.3) is 5.91 Å². The van der Waals surface area contributed by atoms with Crippen LogP contribution in [0.5, 0.6) is 0 Å². The van der Waals surface area contributed by atoms with Crippen molar-refractivity contribution in [3.8, 4) is 0 Å². The third-order valence-corrected chi connectivity index (χ3v) is 6.87. The van der Waals surface area contributed by atoms with E-state index in [0.717, 1.165) is 38.0 Å². The van der Waals surface area contributed by atoms with Gasteiger partial charge in [0.1, 0.15) is 0 Å². The molecule has 3 atom stereocenters. The number of aromatic nitrogens is 1. The summed E-state index contributed by atoms with van der Waals surface area (Å²) in [6.07, 6.45) is 3.34. The molecule has 0 unspecified atom stereocenters. The van der Waals surface area contributed by atoms with Gasteiger partial charge in [-0.05, 0) is 38.6 Å². The highest BCUT2D eigenvalue weighted by molar-refractivity contribution is 7.13. The van der Waals surface area contributed by atoms with Crippen LogP contribution in [0.2, 0.25) is 0 Å². The van der Waals surface area contributed by atoms with Crippen molar-refractivity contribution in [2.75, 3.05) is 27.7 Å². The number of thiazole rings is 1. The van der Waals surface area contributed by atoms with Crippen molar-refractivity contribution in [1.29, 1.82) is 0 Å². The molecule has 1 aromatic heterocycles. The molecule has 1 aliphatic carbocycles. The molecule has 2 aliphatic rings. The lowest BCUT2D eigenvalue weighted by molar-refractivity contribution is -0.134. The first kappa shape index (κ1) is 21.2. The number of amides is 2. The number of hydrogen-bond donors (Lipinski definition) is 3. The maximum absolute atomic E-state index is 12.9. The second-order valence-corrected chi connectivity index (χ2v) is 9.44. The van der Waals surface area contributed by atoms with Crippen molar-refractivity contribution >= 4 is 23.2 Å². The third-order valence-electron chi connectivity index (χ3n) is 5.79. The molecule has 0 bridgehead atoms. The van der Waals surface area contributed by atoms with Gasteiger partial charge in [0.2, 0.25) is 5.91 Å². The highest BCUT2D eigenvalue weighted by atomic mass is 32.1. The van der Waals surface area contributed by atoms with Gasteiger partial charge >= 0.3 is 0 Å². The molecule has 1 aliphatic heterocycles. The zero-order valence-electron chi connectivity index (χ0n) is 17.0. The number of fused-ring (bicyclic) bond motifs is 1. The van der Waals surface area contributed by atoms with Crippen LogP contribution in [0.15, 0.2) is 0 Å². The van der Waals surface area contributed by atoms with E-state index >= 15 is 0 Å². The van der Waals surface area contributed by atoms with Crippen LogP contribution in [0.1, 0.15) is 46.1 Å². The fourth-order valence-electron chi connectivity index (χ4n) is 4.28. The summed E-state index contributed by atoms with van der Waals surface area (Å²) in [7, 11) is 5.62. The summed E-state index contributed by atoms with van der Waals surface area (Å²) >= 11 is 1.47. The molecule has 0 saturated heterocycles. The fourth-order valence-corrected chi connectivity index (χ4v) is 5.37. The van der Waals surface area contributed by atoms with Gasteiger partial charge in [-0.1, -0.05) is 0 Å². The maximum Gasteiger partial charge on any atom is 0.280 e. The lowest BCUT2D eigenvalue weighted by Gasteiger charge is -2.37. The molecule has 8 nitrogen and oxygen atoms in total. The molecule has 9 heteroatoms. The summed E-state index contributed by atoms with van der Waals surface area (Å²) in [5.41, 5.74) is 12.7. The van der Waals surface area contributed by atoms with E-state index in [1.54, 1.807) is 19.0 Å². The topological polar surface area (TPSA) is 118 Å². The Bertz CT molecular complexity index is 719. The number of likely N-dealkylation sites (N-methyl/N-ethyl adjacent to an activating group) is 1. The third kappa shape index (κ3) is 4.89. The first-order chi connectivity index (χ1) is 13.2. The number of carbonyl (C=O) groups excluding carboxylic acids is 2. The SMILES string of the molecule is CN1CCc2nc(C(=O)N[C@@H]3C[C@@H](C(=O)N(C)C)CC[C@H]3CC(N)N)sc2C1. The van der Waals surface area contributed by atoms with Crippen molar-refractivity contribution in [2.45, 2.75) is 50.9 Å². The fraction of sp³-hybridized carbons (Fsp3) is 0.737. The zero-order valence-corrected chi connectivity index (χ0v) is 17.8. The molecule has 0 aromatic carbocycles. The quantitative estimate of drug-likeness (QED) is 0.606. The minimum atomic E-state index is -0.423. The van der Waals surface area contributed by atoms with Crippen molar-refractivity contribution < 1.29 is 9.59 Å². The van der Waals surface area contributed by atoms with Crippen molar-refractivity contribution in [1.82, 2.24) is 20.1 Å². The minimum Gasteiger partial charge on any atom is -0.349 e. The lowest BCUT2D eigenvalue weighted by atomic mass is 9.76. The number of nitrogens with zero attached hydrogens (tertiary/aromatic N) is 3. The van der Waals surface area contributed by atoms with E-state index in [4.69, 9.17) is 11.5 Å². The van der Waals surface area contributed by atoms with Crippen molar-refractivity contribution in [2.24, 2.45) is 23.3 Å². The Morgan fingerprint density at radius 1 is 1.36 bits per heavy atom. The predicted octanol–water partition coefficient (Wildman–Crippen LogP) is 0.368. The number of nitrogens with two attached hydrogens (primary N) is 2. The van der Waals surface area contributed by atoms with E-state index in [2.05, 4.69) is 22.2 Å². The Balaban J connectivity index is 1.72. The van der Waals surface area contributed by atoms with Gasteiger partial charge in [-0.2, -0.15) is 0 Å². The van der Waals surface area contributed by atoms with E-state index in [0.29, 0.717) is 17.8 Å². The second-order valence-electron chi connectivity index (χ2n) is 8.36. The lowest BCUT2D eigenvalue weighted by Crippen LogP contribution is -2.49. The average Bonchev–Trinajstić information content (AvgIpc) is 3.05. The van der Waals surface area contributed by atoms with Gasteiger partial charge < -0.3 is 26.6 Å². The molecule has 1 aromatic rings. The first-order valence-electron chi connectivity index (χ1n) is 9.95. The predicted molar refractivity (Wildman–Crippen MR) is 110 cm³/mol. The van der Waals surface area contributed by atoms with Gasteiger partial charge in [-0.25, -0.2) is 4.98 Å². The highest BCUT2D eigenvalue weighted by Crippen LogP contribution is 2.33. The molecular formula is C19H32N6O2S. The molecule has 5 N–H and O–H groups in total. The van der Waals surface area contributed by atoms with Crippen LogP contribution < -0.4 is 16.8 Å². The monoisotopic (exact) mass is 408 g/mol. The normalized spacial score (nSPS) is 25.4. The van der Waals surface area contributed by atoms with Gasteiger partial charge in [0.05, 0.1) is 11.9 Å². The number of nitrogens with one attached hydrogen (secondary N) is 1. The first-order valence-corrected chi connectivity index (χ1v) is 10.8.